The number of aliphatic hydroxyl groups is 1. The molecule has 2 saturated heterocycles. The van der Waals surface area contributed by atoms with Crippen LogP contribution in [0, 0.1) is 11.2 Å². The number of fused-ring (bicyclic) bond motifs is 5. The van der Waals surface area contributed by atoms with Gasteiger partial charge < -0.3 is 19.9 Å². The van der Waals surface area contributed by atoms with Crippen LogP contribution >= 0.6 is 0 Å². The van der Waals surface area contributed by atoms with Gasteiger partial charge in [-0.1, -0.05) is 0 Å². The molecule has 1 aromatic carbocycles. The van der Waals surface area contributed by atoms with Crippen molar-refractivity contribution in [3.63, 3.8) is 0 Å². The van der Waals surface area contributed by atoms with Crippen molar-refractivity contribution < 1.29 is 36.9 Å². The number of benzene rings is 1. The van der Waals surface area contributed by atoms with E-state index in [0.717, 1.165) is 0 Å². The number of methoxy groups -OCH3 is 1. The molecule has 164 valence electrons. The number of carbonyl (C=O) groups excluding carboxylic acids is 1. The van der Waals surface area contributed by atoms with Gasteiger partial charge in [-0.05, 0) is 36.2 Å². The lowest BCUT2D eigenvalue weighted by molar-refractivity contribution is -0.137. The lowest BCUT2D eigenvalue weighted by Gasteiger charge is -2.29. The third-order valence-corrected chi connectivity index (χ3v) is 6.79. The van der Waals surface area contributed by atoms with E-state index >= 15 is 0 Å². The van der Waals surface area contributed by atoms with Crippen molar-refractivity contribution in [2.45, 2.75) is 42.7 Å². The van der Waals surface area contributed by atoms with E-state index in [1.54, 1.807) is 12.1 Å². The van der Waals surface area contributed by atoms with Crippen molar-refractivity contribution in [3.05, 3.63) is 53.5 Å². The van der Waals surface area contributed by atoms with Gasteiger partial charge in [0.25, 0.3) is 0 Å². The highest BCUT2D eigenvalue weighted by atomic mass is 19.4. The Hall–Kier alpha value is -2.72. The number of halogens is 4. The van der Waals surface area contributed by atoms with Crippen LogP contribution in [0.5, 0.6) is 5.88 Å². The van der Waals surface area contributed by atoms with Crippen LogP contribution in [-0.2, 0) is 21.1 Å². The summed E-state index contributed by atoms with van der Waals surface area (Å²) in [4.78, 5) is 17.4. The third kappa shape index (κ3) is 2.64. The van der Waals surface area contributed by atoms with Crippen LogP contribution in [0.25, 0.3) is 0 Å². The molecule has 5 unspecified atom stereocenters. The van der Waals surface area contributed by atoms with Crippen LogP contribution in [0.3, 0.4) is 0 Å². The van der Waals surface area contributed by atoms with Crippen LogP contribution in [-0.4, -0.2) is 41.4 Å². The molecule has 1 aliphatic carbocycles. The Labute approximate surface area is 174 Å². The quantitative estimate of drug-likeness (QED) is 0.718. The van der Waals surface area contributed by atoms with E-state index < -0.39 is 58.3 Å². The van der Waals surface area contributed by atoms with Crippen LogP contribution < -0.4 is 10.1 Å². The molecule has 3 fully saturated rings. The number of alkyl halides is 3. The number of rotatable bonds is 4. The molecule has 2 aromatic rings. The molecule has 5 rings (SSSR count). The molecule has 3 heterocycles. The van der Waals surface area contributed by atoms with Gasteiger partial charge in [0.05, 0.1) is 42.1 Å². The molecular formula is C21H18F4N2O4. The van der Waals surface area contributed by atoms with Gasteiger partial charge in [-0.15, -0.1) is 0 Å². The maximum absolute atomic E-state index is 14.2. The zero-order valence-corrected chi connectivity index (χ0v) is 16.2. The summed E-state index contributed by atoms with van der Waals surface area (Å²) in [5.41, 5.74) is -2.98. The number of hydrogen-bond acceptors (Lipinski definition) is 5. The van der Waals surface area contributed by atoms with Crippen LogP contribution in [0.2, 0.25) is 0 Å². The summed E-state index contributed by atoms with van der Waals surface area (Å²) in [6.07, 6.45) is -4.74. The lowest BCUT2D eigenvalue weighted by Crippen LogP contribution is -2.44. The second-order valence-corrected chi connectivity index (χ2v) is 8.20. The van der Waals surface area contributed by atoms with Crippen LogP contribution in [0.1, 0.15) is 24.0 Å². The first-order valence-electron chi connectivity index (χ1n) is 9.66. The predicted octanol–water partition coefficient (Wildman–Crippen LogP) is 3.05. The Morgan fingerprint density at radius 1 is 1.32 bits per heavy atom. The Bertz CT molecular complexity index is 1080. The number of amides is 1. The van der Waals surface area contributed by atoms with Gasteiger partial charge in [0.2, 0.25) is 11.8 Å². The number of nitrogens with zero attached hydrogens (tertiary/aromatic N) is 1. The van der Waals surface area contributed by atoms with Gasteiger partial charge in [-0.25, -0.2) is 9.37 Å². The lowest BCUT2D eigenvalue weighted by atomic mass is 9.74. The average molecular weight is 438 g/mol. The average Bonchev–Trinajstić information content (AvgIpc) is 3.22. The molecule has 1 saturated carbocycles. The largest absolute Gasteiger partial charge is 0.481 e. The maximum Gasteiger partial charge on any atom is 0.416 e. The van der Waals surface area contributed by atoms with Crippen molar-refractivity contribution >= 4 is 11.6 Å². The number of hydrogen-bond donors (Lipinski definition) is 2. The number of nitrogens with one attached hydrogen (secondary N) is 1. The fraction of sp³-hybridized carbons (Fsp3) is 0.429. The number of pyridine rings is 1. The Morgan fingerprint density at radius 3 is 2.81 bits per heavy atom. The molecule has 2 bridgehead atoms. The minimum atomic E-state index is -4.68. The first-order chi connectivity index (χ1) is 14.6. The number of aromatic nitrogens is 1. The maximum atomic E-state index is 14.2. The van der Waals surface area contributed by atoms with Gasteiger partial charge in [0.15, 0.2) is 0 Å². The molecule has 0 radical (unpaired) electrons. The number of anilines is 1. The van der Waals surface area contributed by atoms with E-state index in [-0.39, 0.29) is 6.42 Å². The van der Waals surface area contributed by atoms with Crippen molar-refractivity contribution in [2.75, 3.05) is 12.4 Å². The minimum absolute atomic E-state index is 0.215. The van der Waals surface area contributed by atoms with Gasteiger partial charge in [-0.3, -0.25) is 4.79 Å². The van der Waals surface area contributed by atoms with Crippen LogP contribution in [0.15, 0.2) is 36.5 Å². The molecule has 10 heteroatoms. The normalized spacial score (nSPS) is 33.2. The Morgan fingerprint density at radius 2 is 2.10 bits per heavy atom. The fourth-order valence-electron chi connectivity index (χ4n) is 5.36. The van der Waals surface area contributed by atoms with E-state index in [2.05, 4.69) is 10.3 Å². The summed E-state index contributed by atoms with van der Waals surface area (Å²) in [6.45, 7) is 0. The molecular weight excluding hydrogens is 420 g/mol. The van der Waals surface area contributed by atoms with Gasteiger partial charge in [-0.2, -0.15) is 13.2 Å². The first kappa shape index (κ1) is 20.2. The minimum Gasteiger partial charge on any atom is -0.481 e. The van der Waals surface area contributed by atoms with Crippen molar-refractivity contribution in [1.82, 2.24) is 4.98 Å². The van der Waals surface area contributed by atoms with E-state index in [0.29, 0.717) is 36.1 Å². The summed E-state index contributed by atoms with van der Waals surface area (Å²) in [6, 6.07) is 5.21. The standard InChI is InChI=1S/C21H18F4N2O4/c1-30-16-7-10(4-5-26-16)19-9-20(19,15-8-14(28)17(19)31-15)18(29)27-13-6-11(21(23,24)25)2-3-12(13)22/h2-7,14-15,17,28H,8-9H2,1H3,(H,27,29). The van der Waals surface area contributed by atoms with E-state index in [9.17, 15) is 27.5 Å². The summed E-state index contributed by atoms with van der Waals surface area (Å²) in [5, 5.41) is 12.8. The summed E-state index contributed by atoms with van der Waals surface area (Å²) in [5.74, 6) is -1.30. The third-order valence-electron chi connectivity index (χ3n) is 6.79. The van der Waals surface area contributed by atoms with Gasteiger partial charge in [0, 0.05) is 24.1 Å². The highest BCUT2D eigenvalue weighted by molar-refractivity contribution is 6.01. The summed E-state index contributed by atoms with van der Waals surface area (Å²) < 4.78 is 64.4. The van der Waals surface area contributed by atoms with E-state index in [4.69, 9.17) is 9.47 Å². The highest BCUT2D eigenvalue weighted by Crippen LogP contribution is 2.77. The smallest absolute Gasteiger partial charge is 0.416 e. The Balaban J connectivity index is 1.52. The monoisotopic (exact) mass is 438 g/mol. The topological polar surface area (TPSA) is 80.7 Å². The first-order valence-corrected chi connectivity index (χ1v) is 9.66. The fourth-order valence-corrected chi connectivity index (χ4v) is 5.36. The van der Waals surface area contributed by atoms with E-state index in [1.807, 2.05) is 0 Å². The number of carbonyl (C=O) groups is 1. The molecule has 31 heavy (non-hydrogen) atoms. The summed E-state index contributed by atoms with van der Waals surface area (Å²) in [7, 11) is 1.44. The molecule has 6 nitrogen and oxygen atoms in total. The van der Waals surface area contributed by atoms with E-state index in [1.165, 1.54) is 13.3 Å². The van der Waals surface area contributed by atoms with Crippen molar-refractivity contribution in [2.24, 2.45) is 5.41 Å². The highest BCUT2D eigenvalue weighted by Gasteiger charge is 2.87. The number of aliphatic hydroxyl groups excluding tert-OH is 1. The van der Waals surface area contributed by atoms with Crippen molar-refractivity contribution in [1.29, 1.82) is 0 Å². The van der Waals surface area contributed by atoms with Gasteiger partial charge >= 0.3 is 6.18 Å². The molecule has 1 amide bonds. The van der Waals surface area contributed by atoms with Crippen molar-refractivity contribution in [3.8, 4) is 5.88 Å². The molecule has 0 spiro atoms. The molecule has 2 N–H and O–H groups in total. The second kappa shape index (κ2) is 6.39. The Kier molecular flexibility index (Phi) is 4.17. The SMILES string of the molecule is COc1cc(C23CC2(C(=O)Nc2cc(C(F)(F)F)ccc2F)C2CC(O)C3O2)ccn1. The second-order valence-electron chi connectivity index (χ2n) is 8.20. The molecule has 2 aliphatic heterocycles. The zero-order valence-electron chi connectivity index (χ0n) is 16.2. The predicted molar refractivity (Wildman–Crippen MR) is 98.8 cm³/mol. The molecule has 5 atom stereocenters. The summed E-state index contributed by atoms with van der Waals surface area (Å²) >= 11 is 0. The number of ether oxygens (including phenoxy) is 2. The molecule has 1 aromatic heterocycles. The zero-order chi connectivity index (χ0) is 22.2. The van der Waals surface area contributed by atoms with Crippen LogP contribution in [0.4, 0.5) is 23.2 Å². The van der Waals surface area contributed by atoms with Gasteiger partial charge in [0.1, 0.15) is 5.82 Å². The molecule has 3 aliphatic rings.